The van der Waals surface area contributed by atoms with Crippen LogP contribution >= 0.6 is 0 Å². The number of ether oxygens (including phenoxy) is 1. The van der Waals surface area contributed by atoms with E-state index in [0.717, 1.165) is 5.69 Å². The van der Waals surface area contributed by atoms with E-state index in [1.54, 1.807) is 6.92 Å². The van der Waals surface area contributed by atoms with E-state index in [1.165, 1.54) is 4.68 Å². The molecule has 0 aliphatic carbocycles. The first-order valence-corrected chi connectivity index (χ1v) is 5.48. The third-order valence-electron chi connectivity index (χ3n) is 2.54. The summed E-state index contributed by atoms with van der Waals surface area (Å²) in [5.41, 5.74) is 7.23. The van der Waals surface area contributed by atoms with E-state index in [1.807, 2.05) is 30.3 Å². The summed E-state index contributed by atoms with van der Waals surface area (Å²) in [6.07, 6.45) is 0. The maximum absolute atomic E-state index is 11.6. The number of hydrogen-bond acceptors (Lipinski definition) is 5. The molecule has 0 amide bonds. The van der Waals surface area contributed by atoms with Crippen LogP contribution in [0.2, 0.25) is 0 Å². The summed E-state index contributed by atoms with van der Waals surface area (Å²) in [6, 6.07) is 9.19. The molecule has 0 aliphatic rings. The topological polar surface area (TPSA) is 79.4 Å². The highest BCUT2D eigenvalue weighted by Gasteiger charge is 2.15. The molecule has 0 bridgehead atoms. The monoisotopic (exact) mass is 265 g/mol. The van der Waals surface area contributed by atoms with Gasteiger partial charge in [0, 0.05) is 4.53 Å². The van der Waals surface area contributed by atoms with Crippen molar-refractivity contribution in [2.45, 2.75) is 6.92 Å². The van der Waals surface area contributed by atoms with Gasteiger partial charge in [-0.1, -0.05) is 18.2 Å². The predicted molar refractivity (Wildman–Crippen MR) is 65.4 cm³/mol. The Hall–Kier alpha value is -2.57. The maximum Gasteiger partial charge on any atom is 0.385 e. The highest BCUT2D eigenvalue weighted by Crippen LogP contribution is 2.25. The fourth-order valence-corrected chi connectivity index (χ4v) is 1.54. The zero-order chi connectivity index (χ0) is 13.8. The first-order chi connectivity index (χ1) is 9.13. The zero-order valence-electron chi connectivity index (χ0n) is 10.2. The molecular formula is C12H12FN3O3. The molecular weight excluding hydrogens is 253 g/mol. The fraction of sp³-hybridized carbons (Fsp3) is 0.167. The molecule has 0 spiro atoms. The molecule has 0 saturated heterocycles. The number of nitrogens with zero attached hydrogens (tertiary/aromatic N) is 2. The first kappa shape index (κ1) is 12.9. The van der Waals surface area contributed by atoms with E-state index in [9.17, 15) is 9.32 Å². The average Bonchev–Trinajstić information content (AvgIpc) is 2.73. The Morgan fingerprint density at radius 3 is 2.74 bits per heavy atom. The molecule has 1 aromatic heterocycles. The smallest absolute Gasteiger partial charge is 0.385 e. The van der Waals surface area contributed by atoms with Crippen LogP contribution in [0.5, 0.6) is 5.88 Å². The quantitative estimate of drug-likeness (QED) is 0.907. The molecule has 0 aliphatic heterocycles. The number of anilines is 1. The number of nitrogen functional groups attached to an aromatic ring is 1. The summed E-state index contributed by atoms with van der Waals surface area (Å²) < 4.78 is 18.1. The Labute approximate surface area is 108 Å². The van der Waals surface area contributed by atoms with Crippen LogP contribution in [0.15, 0.2) is 30.3 Å². The van der Waals surface area contributed by atoms with Gasteiger partial charge in [-0.2, -0.15) is 0 Å². The summed E-state index contributed by atoms with van der Waals surface area (Å²) in [5.74, 6) is -0.589. The molecule has 2 N–H and O–H groups in total. The summed E-state index contributed by atoms with van der Waals surface area (Å²) in [7, 11) is 0. The van der Waals surface area contributed by atoms with Gasteiger partial charge >= 0.3 is 5.97 Å². The molecule has 2 rings (SSSR count). The van der Waals surface area contributed by atoms with Gasteiger partial charge in [0.05, 0.1) is 11.3 Å². The third kappa shape index (κ3) is 2.65. The SMILES string of the molecule is Cc1c(OCC(=O)OF)nn(-c2ccccc2)c1N. The van der Waals surface area contributed by atoms with Crippen molar-refractivity contribution in [1.29, 1.82) is 0 Å². The lowest BCUT2D eigenvalue weighted by atomic mass is 10.3. The van der Waals surface area contributed by atoms with E-state index in [-0.39, 0.29) is 5.88 Å². The van der Waals surface area contributed by atoms with E-state index < -0.39 is 12.6 Å². The van der Waals surface area contributed by atoms with Crippen LogP contribution in [0, 0.1) is 6.92 Å². The van der Waals surface area contributed by atoms with Crippen LogP contribution in [0.3, 0.4) is 0 Å². The standard InChI is InChI=1S/C12H12FN3O3/c1-8-11(14)16(9-5-3-2-4-6-9)15-12(8)18-7-10(17)19-13/h2-6H,7,14H2,1H3. The maximum atomic E-state index is 11.6. The van der Waals surface area contributed by atoms with Gasteiger partial charge in [0.15, 0.2) is 6.61 Å². The minimum absolute atomic E-state index is 0.159. The second kappa shape index (κ2) is 5.38. The van der Waals surface area contributed by atoms with Crippen LogP contribution < -0.4 is 10.5 Å². The lowest BCUT2D eigenvalue weighted by Crippen LogP contribution is -2.11. The second-order valence-electron chi connectivity index (χ2n) is 3.80. The number of carbonyl (C=O) groups excluding carboxylic acids is 1. The minimum atomic E-state index is -1.13. The van der Waals surface area contributed by atoms with Crippen LogP contribution in [0.4, 0.5) is 10.3 Å². The van der Waals surface area contributed by atoms with Crippen molar-refractivity contribution >= 4 is 11.8 Å². The molecule has 0 unspecified atom stereocenters. The van der Waals surface area contributed by atoms with Gasteiger partial charge in [-0.25, -0.2) is 9.48 Å². The Bertz CT molecular complexity index is 583. The summed E-state index contributed by atoms with van der Waals surface area (Å²) in [4.78, 5) is 13.7. The van der Waals surface area contributed by atoms with Crippen molar-refractivity contribution in [3.63, 3.8) is 0 Å². The number of nitrogens with two attached hydrogens (primary N) is 1. The highest BCUT2D eigenvalue weighted by molar-refractivity contribution is 5.70. The van der Waals surface area contributed by atoms with Gasteiger partial charge in [-0.3, -0.25) is 4.94 Å². The van der Waals surface area contributed by atoms with Crippen LogP contribution in [0.25, 0.3) is 5.69 Å². The number of hydrogen-bond donors (Lipinski definition) is 1. The van der Waals surface area contributed by atoms with Crippen molar-refractivity contribution in [1.82, 2.24) is 9.78 Å². The van der Waals surface area contributed by atoms with Crippen LogP contribution in [-0.4, -0.2) is 22.4 Å². The molecule has 100 valence electrons. The lowest BCUT2D eigenvalue weighted by molar-refractivity contribution is -0.186. The summed E-state index contributed by atoms with van der Waals surface area (Å²) in [5, 5.41) is 4.13. The number of halogens is 1. The van der Waals surface area contributed by atoms with E-state index in [2.05, 4.69) is 10.0 Å². The predicted octanol–water partition coefficient (Wildman–Crippen LogP) is 1.57. The Morgan fingerprint density at radius 1 is 1.42 bits per heavy atom. The molecule has 1 heterocycles. The van der Waals surface area contributed by atoms with Crippen molar-refractivity contribution in [2.75, 3.05) is 12.3 Å². The van der Waals surface area contributed by atoms with Gasteiger partial charge in [0.1, 0.15) is 5.82 Å². The second-order valence-corrected chi connectivity index (χ2v) is 3.80. The van der Waals surface area contributed by atoms with Crippen LogP contribution in [0.1, 0.15) is 5.56 Å². The minimum Gasteiger partial charge on any atom is -0.464 e. The molecule has 2 aromatic rings. The summed E-state index contributed by atoms with van der Waals surface area (Å²) >= 11 is 0. The Balaban J connectivity index is 2.26. The highest BCUT2D eigenvalue weighted by atomic mass is 19.3. The van der Waals surface area contributed by atoms with Crippen LogP contribution in [-0.2, 0) is 9.74 Å². The van der Waals surface area contributed by atoms with E-state index in [0.29, 0.717) is 11.4 Å². The Morgan fingerprint density at radius 2 is 2.11 bits per heavy atom. The van der Waals surface area contributed by atoms with Crippen molar-refractivity contribution in [2.24, 2.45) is 0 Å². The van der Waals surface area contributed by atoms with Gasteiger partial charge in [-0.05, 0) is 19.1 Å². The Kier molecular flexibility index (Phi) is 3.65. The number of carbonyl (C=O) groups is 1. The molecule has 0 fully saturated rings. The molecule has 19 heavy (non-hydrogen) atoms. The molecule has 0 radical (unpaired) electrons. The first-order valence-electron chi connectivity index (χ1n) is 5.48. The van der Waals surface area contributed by atoms with Crippen molar-refractivity contribution < 1.29 is 19.0 Å². The molecule has 1 aromatic carbocycles. The normalized spacial score (nSPS) is 10.2. The number of rotatable bonds is 4. The fourth-order valence-electron chi connectivity index (χ4n) is 1.54. The largest absolute Gasteiger partial charge is 0.464 e. The zero-order valence-corrected chi connectivity index (χ0v) is 10.2. The molecule has 0 atom stereocenters. The number of para-hydroxylation sites is 1. The molecule has 7 heteroatoms. The molecule has 6 nitrogen and oxygen atoms in total. The van der Waals surface area contributed by atoms with Gasteiger partial charge in [-0.15, -0.1) is 5.10 Å². The van der Waals surface area contributed by atoms with Gasteiger partial charge in [0.25, 0.3) is 0 Å². The van der Waals surface area contributed by atoms with E-state index in [4.69, 9.17) is 10.5 Å². The summed E-state index contributed by atoms with van der Waals surface area (Å²) in [6.45, 7) is 1.13. The number of aromatic nitrogens is 2. The van der Waals surface area contributed by atoms with Gasteiger partial charge in [0.2, 0.25) is 5.88 Å². The lowest BCUT2D eigenvalue weighted by Gasteiger charge is -2.02. The third-order valence-corrected chi connectivity index (χ3v) is 2.54. The molecule has 0 saturated carbocycles. The number of benzene rings is 1. The average molecular weight is 265 g/mol. The van der Waals surface area contributed by atoms with E-state index >= 15 is 0 Å². The van der Waals surface area contributed by atoms with Gasteiger partial charge < -0.3 is 10.5 Å². The van der Waals surface area contributed by atoms with Crippen molar-refractivity contribution in [3.8, 4) is 11.6 Å². The van der Waals surface area contributed by atoms with Crippen molar-refractivity contribution in [3.05, 3.63) is 35.9 Å².